The monoisotopic (exact) mass is 1030 g/mol. The molecule has 0 saturated carbocycles. The molecule has 1 aliphatic rings. The summed E-state index contributed by atoms with van der Waals surface area (Å²) in [6, 6.07) is -0.859. The molecule has 1 fully saturated rings. The zero-order valence-electron chi connectivity index (χ0n) is 45.8. The first kappa shape index (κ1) is 67.9. The Morgan fingerprint density at radius 3 is 1.27 bits per heavy atom. The van der Waals surface area contributed by atoms with E-state index in [1.54, 1.807) is 0 Å². The molecular weight excluding hydrogens is 919 g/mol. The molecule has 7 unspecified atom stereocenters. The van der Waals surface area contributed by atoms with Crippen LogP contribution in [0.15, 0.2) is 12.2 Å². The Kier molecular flexibility index (Phi) is 46.3. The van der Waals surface area contributed by atoms with Crippen molar-refractivity contribution in [2.45, 2.75) is 339 Å². The van der Waals surface area contributed by atoms with Gasteiger partial charge >= 0.3 is 10.4 Å². The van der Waals surface area contributed by atoms with Crippen LogP contribution in [-0.2, 0) is 28.9 Å². The molecule has 6 N–H and O–H groups in total. The summed E-state index contributed by atoms with van der Waals surface area (Å²) in [5.74, 6) is -0.229. The zero-order valence-corrected chi connectivity index (χ0v) is 46.6. The Morgan fingerprint density at radius 1 is 0.549 bits per heavy atom. The first-order chi connectivity index (χ1) is 34.5. The van der Waals surface area contributed by atoms with Crippen LogP contribution >= 0.6 is 0 Å². The molecule has 13 heteroatoms. The maximum Gasteiger partial charge on any atom is 0.397 e. The van der Waals surface area contributed by atoms with Crippen molar-refractivity contribution in [3.63, 3.8) is 0 Å². The molecule has 0 bridgehead atoms. The van der Waals surface area contributed by atoms with Crippen LogP contribution in [-0.4, -0.2) is 95.4 Å². The molecule has 1 aliphatic heterocycles. The van der Waals surface area contributed by atoms with Crippen LogP contribution in [0, 0.1) is 0 Å². The Morgan fingerprint density at radius 2 is 0.901 bits per heavy atom. The van der Waals surface area contributed by atoms with Crippen molar-refractivity contribution < 1.29 is 51.8 Å². The van der Waals surface area contributed by atoms with E-state index in [1.165, 1.54) is 212 Å². The van der Waals surface area contributed by atoms with Crippen LogP contribution in [0.3, 0.4) is 0 Å². The number of allylic oxidation sites excluding steroid dienone is 2. The maximum atomic E-state index is 13.2. The number of ether oxygens (including phenoxy) is 2. The number of aliphatic hydroxyl groups excluding tert-OH is 4. The number of nitrogens with one attached hydrogen (secondary N) is 1. The first-order valence-corrected chi connectivity index (χ1v) is 31.4. The summed E-state index contributed by atoms with van der Waals surface area (Å²) in [5.41, 5.74) is 0. The molecule has 1 rings (SSSR count). The average Bonchev–Trinajstić information content (AvgIpc) is 3.34. The molecule has 0 spiro atoms. The van der Waals surface area contributed by atoms with Gasteiger partial charge in [0.15, 0.2) is 6.29 Å². The summed E-state index contributed by atoms with van der Waals surface area (Å²) in [6.45, 7) is 3.50. The van der Waals surface area contributed by atoms with E-state index in [1.807, 2.05) is 0 Å². The average molecular weight is 1030 g/mol. The van der Waals surface area contributed by atoms with Crippen molar-refractivity contribution >= 4 is 16.3 Å². The predicted octanol–water partition coefficient (Wildman–Crippen LogP) is 14.2. The lowest BCUT2D eigenvalue weighted by molar-refractivity contribution is -0.298. The maximum absolute atomic E-state index is 13.2. The fourth-order valence-electron chi connectivity index (χ4n) is 9.93. The predicted molar refractivity (Wildman–Crippen MR) is 292 cm³/mol. The van der Waals surface area contributed by atoms with Gasteiger partial charge in [-0.05, 0) is 38.5 Å². The summed E-state index contributed by atoms with van der Waals surface area (Å²) in [4.78, 5) is 13.2. The van der Waals surface area contributed by atoms with E-state index in [2.05, 4.69) is 35.5 Å². The van der Waals surface area contributed by atoms with E-state index in [4.69, 9.17) is 9.47 Å². The van der Waals surface area contributed by atoms with E-state index in [-0.39, 0.29) is 18.9 Å². The largest absolute Gasteiger partial charge is 0.397 e. The van der Waals surface area contributed by atoms with Crippen LogP contribution < -0.4 is 5.32 Å². The molecule has 422 valence electrons. The lowest BCUT2D eigenvalue weighted by Gasteiger charge is -2.41. The van der Waals surface area contributed by atoms with E-state index in [9.17, 15) is 38.2 Å². The molecule has 71 heavy (non-hydrogen) atoms. The lowest BCUT2D eigenvalue weighted by Crippen LogP contribution is -2.61. The molecule has 0 aliphatic carbocycles. The van der Waals surface area contributed by atoms with Crippen molar-refractivity contribution in [1.82, 2.24) is 5.32 Å². The van der Waals surface area contributed by atoms with Crippen molar-refractivity contribution in [1.29, 1.82) is 0 Å². The molecule has 1 saturated heterocycles. The van der Waals surface area contributed by atoms with Crippen LogP contribution in [0.4, 0.5) is 0 Å². The number of amides is 1. The Hall–Kier alpha value is -1.16. The van der Waals surface area contributed by atoms with Gasteiger partial charge in [-0.25, -0.2) is 4.18 Å². The number of hydrogen-bond donors (Lipinski definition) is 6. The highest BCUT2D eigenvalue weighted by molar-refractivity contribution is 7.80. The van der Waals surface area contributed by atoms with Gasteiger partial charge in [0, 0.05) is 6.42 Å². The van der Waals surface area contributed by atoms with Gasteiger partial charge in [-0.1, -0.05) is 264 Å². The molecule has 1 amide bonds. The second kappa shape index (κ2) is 48.5. The fraction of sp³-hybridized carbons (Fsp3) is 0.948. The van der Waals surface area contributed by atoms with Crippen molar-refractivity contribution in [3.8, 4) is 0 Å². The van der Waals surface area contributed by atoms with Crippen LogP contribution in [0.5, 0.6) is 0 Å². The third kappa shape index (κ3) is 40.8. The van der Waals surface area contributed by atoms with Gasteiger partial charge < -0.3 is 35.2 Å². The summed E-state index contributed by atoms with van der Waals surface area (Å²) in [5, 5.41) is 45.2. The van der Waals surface area contributed by atoms with Gasteiger partial charge in [0.25, 0.3) is 0 Å². The van der Waals surface area contributed by atoms with E-state index in [0.717, 1.165) is 51.4 Å². The summed E-state index contributed by atoms with van der Waals surface area (Å²) >= 11 is 0. The lowest BCUT2D eigenvalue weighted by atomic mass is 9.99. The second-order valence-electron chi connectivity index (χ2n) is 21.3. The van der Waals surface area contributed by atoms with Crippen molar-refractivity contribution in [3.05, 3.63) is 12.2 Å². The third-order valence-corrected chi connectivity index (χ3v) is 15.0. The third-order valence-electron chi connectivity index (χ3n) is 14.6. The Balaban J connectivity index is 2.34. The molecular formula is C58H113NO11S. The molecule has 1 heterocycles. The van der Waals surface area contributed by atoms with E-state index < -0.39 is 59.9 Å². The first-order valence-electron chi connectivity index (χ1n) is 30.1. The second-order valence-corrected chi connectivity index (χ2v) is 22.3. The molecule has 0 aromatic rings. The topological polar surface area (TPSA) is 192 Å². The number of carbonyl (C=O) groups is 1. The Labute approximate surface area is 436 Å². The minimum absolute atomic E-state index is 0.229. The van der Waals surface area contributed by atoms with Crippen LogP contribution in [0.1, 0.15) is 296 Å². The highest BCUT2D eigenvalue weighted by Crippen LogP contribution is 2.26. The van der Waals surface area contributed by atoms with Crippen molar-refractivity contribution in [2.75, 3.05) is 13.2 Å². The van der Waals surface area contributed by atoms with E-state index >= 15 is 0 Å². The zero-order chi connectivity index (χ0) is 51.9. The van der Waals surface area contributed by atoms with Crippen LogP contribution in [0.25, 0.3) is 0 Å². The number of rotatable bonds is 53. The quantitative estimate of drug-likeness (QED) is 0.0193. The number of hydrogen-bond acceptors (Lipinski definition) is 10. The SMILES string of the molecule is CCCCCCCCCCCCCC/C=C\CCCCCCCCCC(=O)NC(COC1OC(CO)C(O)C(OS(=O)(=O)O)C1O)C(O)CCCCCCCCCCCCCCCCCCCCCCC. The minimum atomic E-state index is -5.08. The molecule has 7 atom stereocenters. The van der Waals surface area contributed by atoms with Crippen molar-refractivity contribution in [2.24, 2.45) is 0 Å². The summed E-state index contributed by atoms with van der Waals surface area (Å²) in [7, 11) is -5.08. The van der Waals surface area contributed by atoms with Gasteiger partial charge in [-0.3, -0.25) is 9.35 Å². The Bertz CT molecular complexity index is 1310. The molecule has 0 radical (unpaired) electrons. The normalized spacial score (nSPS) is 19.5. The number of carbonyl (C=O) groups excluding carboxylic acids is 1. The standard InChI is InChI=1S/C58H113NO11S/c1-3-5-7-9-11-13-15-17-19-21-23-25-26-28-30-32-34-36-38-40-42-44-46-48-54(62)59-51(50-68-58-56(64)57(70-71(65,66)67)55(63)53(49-60)69-58)52(61)47-45-43-41-39-37-35-33-31-29-27-24-22-20-18-16-14-12-10-8-6-4-2/h28,30,51-53,55-58,60-61,63-64H,3-27,29,31-50H2,1-2H3,(H,59,62)(H,65,66,67)/b30-28-. The van der Waals surface area contributed by atoms with Gasteiger partial charge in [0.05, 0.1) is 25.4 Å². The molecule has 0 aromatic carbocycles. The number of aliphatic hydroxyl groups is 4. The highest BCUT2D eigenvalue weighted by atomic mass is 32.3. The van der Waals surface area contributed by atoms with Gasteiger partial charge in [-0.15, -0.1) is 0 Å². The smallest absolute Gasteiger partial charge is 0.394 e. The van der Waals surface area contributed by atoms with Gasteiger partial charge in [0.1, 0.15) is 24.4 Å². The molecule has 12 nitrogen and oxygen atoms in total. The number of unbranched alkanes of at least 4 members (excludes halogenated alkanes) is 39. The van der Waals surface area contributed by atoms with E-state index in [0.29, 0.717) is 12.8 Å². The minimum Gasteiger partial charge on any atom is -0.394 e. The summed E-state index contributed by atoms with van der Waals surface area (Å²) in [6.07, 6.45) is 49.3. The highest BCUT2D eigenvalue weighted by Gasteiger charge is 2.48. The molecule has 0 aromatic heterocycles. The fourth-order valence-corrected chi connectivity index (χ4v) is 10.4. The van der Waals surface area contributed by atoms with Gasteiger partial charge in [-0.2, -0.15) is 8.42 Å². The van der Waals surface area contributed by atoms with Gasteiger partial charge in [0.2, 0.25) is 5.91 Å². The summed E-state index contributed by atoms with van der Waals surface area (Å²) < 4.78 is 48.0. The van der Waals surface area contributed by atoms with Crippen LogP contribution in [0.2, 0.25) is 0 Å².